The standard InChI is InChI=1S/C22H29N3O3S/c1-16(2)25-14-12-19(13-15-25)23-22(26)18-6-10-21(11-7-18)29(27,28)24-20-8-4-17(3)5-9-20/h4-11,16,19,24H,12-15H2,1-3H3,(H,23,26). The molecule has 1 heterocycles. The maximum Gasteiger partial charge on any atom is 0.261 e. The predicted octanol–water partition coefficient (Wildman–Crippen LogP) is 3.40. The number of carbonyl (C=O) groups is 1. The van der Waals surface area contributed by atoms with Gasteiger partial charge in [-0.3, -0.25) is 9.52 Å². The molecule has 29 heavy (non-hydrogen) atoms. The molecule has 1 aliphatic rings. The molecule has 2 N–H and O–H groups in total. The Morgan fingerprint density at radius 3 is 2.14 bits per heavy atom. The third-order valence-electron chi connectivity index (χ3n) is 5.33. The molecule has 0 aliphatic carbocycles. The zero-order chi connectivity index (χ0) is 21.0. The Morgan fingerprint density at radius 2 is 1.59 bits per heavy atom. The van der Waals surface area contributed by atoms with Crippen LogP contribution in [-0.4, -0.2) is 44.4 Å². The smallest absolute Gasteiger partial charge is 0.261 e. The topological polar surface area (TPSA) is 78.5 Å². The Morgan fingerprint density at radius 1 is 1.00 bits per heavy atom. The Balaban J connectivity index is 1.60. The lowest BCUT2D eigenvalue weighted by atomic mass is 10.0. The van der Waals surface area contributed by atoms with Gasteiger partial charge in [-0.1, -0.05) is 17.7 Å². The summed E-state index contributed by atoms with van der Waals surface area (Å²) in [6.07, 6.45) is 1.85. The van der Waals surface area contributed by atoms with Crippen molar-refractivity contribution in [3.8, 4) is 0 Å². The summed E-state index contributed by atoms with van der Waals surface area (Å²) in [7, 11) is -3.70. The number of nitrogens with one attached hydrogen (secondary N) is 2. The molecular formula is C22H29N3O3S. The molecule has 0 aromatic heterocycles. The Hall–Kier alpha value is -2.38. The highest BCUT2D eigenvalue weighted by atomic mass is 32.2. The summed E-state index contributed by atoms with van der Waals surface area (Å²) in [5.74, 6) is -0.163. The minimum absolute atomic E-state index is 0.125. The van der Waals surface area contributed by atoms with Crippen molar-refractivity contribution in [2.45, 2.75) is 50.6 Å². The molecule has 1 saturated heterocycles. The monoisotopic (exact) mass is 415 g/mol. The van der Waals surface area contributed by atoms with E-state index < -0.39 is 10.0 Å². The van der Waals surface area contributed by atoms with Crippen molar-refractivity contribution in [3.63, 3.8) is 0 Å². The molecule has 1 fully saturated rings. The summed E-state index contributed by atoms with van der Waals surface area (Å²) in [5, 5.41) is 3.07. The van der Waals surface area contributed by atoms with Crippen LogP contribution in [0.2, 0.25) is 0 Å². The number of hydrogen-bond donors (Lipinski definition) is 2. The number of rotatable bonds is 6. The van der Waals surface area contributed by atoms with Crippen molar-refractivity contribution in [2.75, 3.05) is 17.8 Å². The van der Waals surface area contributed by atoms with E-state index in [9.17, 15) is 13.2 Å². The molecular weight excluding hydrogens is 386 g/mol. The van der Waals surface area contributed by atoms with E-state index in [-0.39, 0.29) is 16.8 Å². The number of carbonyl (C=O) groups excluding carboxylic acids is 1. The summed E-state index contributed by atoms with van der Waals surface area (Å²) >= 11 is 0. The van der Waals surface area contributed by atoms with Crippen LogP contribution in [0, 0.1) is 6.92 Å². The van der Waals surface area contributed by atoms with Crippen molar-refractivity contribution in [2.24, 2.45) is 0 Å². The number of amides is 1. The molecule has 0 unspecified atom stereocenters. The number of likely N-dealkylation sites (tertiary alicyclic amines) is 1. The van der Waals surface area contributed by atoms with Gasteiger partial charge in [0.2, 0.25) is 0 Å². The number of anilines is 1. The fourth-order valence-corrected chi connectivity index (χ4v) is 4.51. The van der Waals surface area contributed by atoms with Gasteiger partial charge in [-0.2, -0.15) is 0 Å². The van der Waals surface area contributed by atoms with Gasteiger partial charge in [0.05, 0.1) is 4.90 Å². The van der Waals surface area contributed by atoms with Crippen LogP contribution in [0.5, 0.6) is 0 Å². The first-order valence-corrected chi connectivity index (χ1v) is 11.5. The second kappa shape index (κ2) is 8.97. The van der Waals surface area contributed by atoms with E-state index >= 15 is 0 Å². The molecule has 6 nitrogen and oxygen atoms in total. The first-order chi connectivity index (χ1) is 13.7. The van der Waals surface area contributed by atoms with E-state index in [0.717, 1.165) is 31.5 Å². The van der Waals surface area contributed by atoms with E-state index in [0.29, 0.717) is 17.3 Å². The molecule has 0 radical (unpaired) electrons. The lowest BCUT2D eigenvalue weighted by molar-refractivity contribution is 0.0900. The number of hydrogen-bond acceptors (Lipinski definition) is 4. The van der Waals surface area contributed by atoms with Gasteiger partial charge in [0.1, 0.15) is 0 Å². The highest BCUT2D eigenvalue weighted by molar-refractivity contribution is 7.92. The van der Waals surface area contributed by atoms with Crippen LogP contribution in [0.3, 0.4) is 0 Å². The molecule has 1 amide bonds. The summed E-state index contributed by atoms with van der Waals surface area (Å²) in [5.41, 5.74) is 2.02. The van der Waals surface area contributed by atoms with Crippen molar-refractivity contribution < 1.29 is 13.2 Å². The fourth-order valence-electron chi connectivity index (χ4n) is 3.45. The Labute approximate surface area is 173 Å². The second-order valence-electron chi connectivity index (χ2n) is 7.87. The number of nitrogens with zero attached hydrogens (tertiary/aromatic N) is 1. The molecule has 0 atom stereocenters. The lowest BCUT2D eigenvalue weighted by Gasteiger charge is -2.34. The molecule has 0 bridgehead atoms. The van der Waals surface area contributed by atoms with Crippen molar-refractivity contribution in [1.82, 2.24) is 10.2 Å². The van der Waals surface area contributed by atoms with Gasteiger partial charge in [-0.25, -0.2) is 8.42 Å². The maximum absolute atomic E-state index is 12.6. The van der Waals surface area contributed by atoms with E-state index in [2.05, 4.69) is 28.8 Å². The molecule has 0 saturated carbocycles. The van der Waals surface area contributed by atoms with Crippen molar-refractivity contribution in [3.05, 3.63) is 59.7 Å². The summed E-state index contributed by atoms with van der Waals surface area (Å²) in [4.78, 5) is 15.1. The minimum atomic E-state index is -3.70. The Kier molecular flexibility index (Phi) is 6.59. The molecule has 1 aliphatic heterocycles. The molecule has 7 heteroatoms. The first-order valence-electron chi connectivity index (χ1n) is 9.99. The molecule has 0 spiro atoms. The third-order valence-corrected chi connectivity index (χ3v) is 6.72. The lowest BCUT2D eigenvalue weighted by Crippen LogP contribution is -2.46. The third kappa shape index (κ3) is 5.58. The van der Waals surface area contributed by atoms with Crippen molar-refractivity contribution >= 4 is 21.6 Å². The van der Waals surface area contributed by atoms with Crippen LogP contribution in [0.4, 0.5) is 5.69 Å². The SMILES string of the molecule is Cc1ccc(NS(=O)(=O)c2ccc(C(=O)NC3CCN(C(C)C)CC3)cc2)cc1. The van der Waals surface area contributed by atoms with E-state index in [1.165, 1.54) is 12.1 Å². The first kappa shape index (κ1) is 21.3. The van der Waals surface area contributed by atoms with Crippen LogP contribution < -0.4 is 10.0 Å². The molecule has 2 aromatic carbocycles. The second-order valence-corrected chi connectivity index (χ2v) is 9.56. The largest absolute Gasteiger partial charge is 0.349 e. The maximum atomic E-state index is 12.6. The number of piperidine rings is 1. The van der Waals surface area contributed by atoms with Gasteiger partial charge in [-0.15, -0.1) is 0 Å². The zero-order valence-electron chi connectivity index (χ0n) is 17.2. The van der Waals surface area contributed by atoms with E-state index in [1.807, 2.05) is 19.1 Å². The molecule has 2 aromatic rings. The van der Waals surface area contributed by atoms with Crippen LogP contribution in [0.15, 0.2) is 53.4 Å². The molecule has 156 valence electrons. The average molecular weight is 416 g/mol. The summed E-state index contributed by atoms with van der Waals surface area (Å²) in [6, 6.07) is 13.9. The van der Waals surface area contributed by atoms with E-state index in [4.69, 9.17) is 0 Å². The normalized spacial score (nSPS) is 16.0. The highest BCUT2D eigenvalue weighted by Gasteiger charge is 2.22. The predicted molar refractivity (Wildman–Crippen MR) is 116 cm³/mol. The van der Waals surface area contributed by atoms with E-state index in [1.54, 1.807) is 24.3 Å². The van der Waals surface area contributed by atoms with Crippen LogP contribution >= 0.6 is 0 Å². The summed E-state index contributed by atoms with van der Waals surface area (Å²) in [6.45, 7) is 8.26. The highest BCUT2D eigenvalue weighted by Crippen LogP contribution is 2.18. The quantitative estimate of drug-likeness (QED) is 0.758. The van der Waals surface area contributed by atoms with Crippen LogP contribution in [0.1, 0.15) is 42.6 Å². The van der Waals surface area contributed by atoms with Crippen LogP contribution in [0.25, 0.3) is 0 Å². The Bertz CT molecular complexity index is 930. The van der Waals surface area contributed by atoms with Gasteiger partial charge in [0.15, 0.2) is 0 Å². The van der Waals surface area contributed by atoms with Gasteiger partial charge < -0.3 is 10.2 Å². The van der Waals surface area contributed by atoms with Gasteiger partial charge >= 0.3 is 0 Å². The average Bonchev–Trinajstić information content (AvgIpc) is 2.70. The number of benzene rings is 2. The van der Waals surface area contributed by atoms with Gasteiger partial charge in [0.25, 0.3) is 15.9 Å². The van der Waals surface area contributed by atoms with Crippen molar-refractivity contribution in [1.29, 1.82) is 0 Å². The van der Waals surface area contributed by atoms with Gasteiger partial charge in [-0.05, 0) is 70.0 Å². The number of sulfonamides is 1. The fraction of sp³-hybridized carbons (Fsp3) is 0.409. The minimum Gasteiger partial charge on any atom is -0.349 e. The molecule has 3 rings (SSSR count). The van der Waals surface area contributed by atoms with Gasteiger partial charge in [0, 0.05) is 36.4 Å². The summed E-state index contributed by atoms with van der Waals surface area (Å²) < 4.78 is 27.7. The number of aryl methyl sites for hydroxylation is 1. The van der Waals surface area contributed by atoms with Crippen LogP contribution in [-0.2, 0) is 10.0 Å². The zero-order valence-corrected chi connectivity index (χ0v) is 18.0.